The summed E-state index contributed by atoms with van der Waals surface area (Å²) in [5.74, 6) is 1.28. The molecule has 0 spiro atoms. The van der Waals surface area contributed by atoms with Crippen molar-refractivity contribution in [2.45, 2.75) is 58.0 Å². The molecule has 0 bridgehead atoms. The quantitative estimate of drug-likeness (QED) is 0.822. The Bertz CT molecular complexity index is 429. The molecular formula is C15H22O2. The summed E-state index contributed by atoms with van der Waals surface area (Å²) >= 11 is 0. The average molecular weight is 234 g/mol. The van der Waals surface area contributed by atoms with Crippen molar-refractivity contribution in [1.82, 2.24) is 0 Å². The fraction of sp³-hybridized carbons (Fsp3) is 0.600. The van der Waals surface area contributed by atoms with Crippen molar-refractivity contribution in [2.24, 2.45) is 0 Å². The molecule has 0 unspecified atom stereocenters. The second-order valence-electron chi connectivity index (χ2n) is 6.12. The molecule has 1 aliphatic carbocycles. The van der Waals surface area contributed by atoms with E-state index in [1.54, 1.807) is 0 Å². The van der Waals surface area contributed by atoms with Gasteiger partial charge in [-0.2, -0.15) is 0 Å². The molecule has 0 heterocycles. The molecule has 0 aliphatic heterocycles. The van der Waals surface area contributed by atoms with E-state index in [-0.39, 0.29) is 0 Å². The molecule has 0 saturated heterocycles. The lowest BCUT2D eigenvalue weighted by atomic mass is 9.88. The normalized spacial score (nSPS) is 23.8. The Kier molecular flexibility index (Phi) is 2.94. The number of fused-ring (bicyclic) bond motifs is 1. The number of aryl methyl sites for hydroxylation is 1. The van der Waals surface area contributed by atoms with Crippen molar-refractivity contribution in [2.75, 3.05) is 0 Å². The van der Waals surface area contributed by atoms with Crippen LogP contribution in [0.4, 0.5) is 0 Å². The molecule has 0 saturated carbocycles. The van der Waals surface area contributed by atoms with Gasteiger partial charge in [0.15, 0.2) is 0 Å². The number of rotatable bonds is 2. The van der Waals surface area contributed by atoms with E-state index in [1.165, 1.54) is 11.1 Å². The first kappa shape index (κ1) is 12.4. The van der Waals surface area contributed by atoms with Crippen molar-refractivity contribution in [3.05, 3.63) is 28.8 Å². The van der Waals surface area contributed by atoms with Crippen LogP contribution in [0.3, 0.4) is 0 Å². The summed E-state index contributed by atoms with van der Waals surface area (Å²) in [5, 5.41) is 19.7. The molecule has 1 aromatic carbocycles. The molecule has 0 radical (unpaired) electrons. The van der Waals surface area contributed by atoms with Gasteiger partial charge in [0.1, 0.15) is 5.75 Å². The molecule has 2 nitrogen and oxygen atoms in total. The minimum absolute atomic E-state index is 0.388. The molecule has 1 aliphatic rings. The highest BCUT2D eigenvalue weighted by Crippen LogP contribution is 2.46. The molecule has 17 heavy (non-hydrogen) atoms. The summed E-state index contributed by atoms with van der Waals surface area (Å²) in [7, 11) is 0. The van der Waals surface area contributed by atoms with E-state index in [4.69, 9.17) is 0 Å². The molecule has 94 valence electrons. The van der Waals surface area contributed by atoms with E-state index in [9.17, 15) is 10.2 Å². The Morgan fingerprint density at radius 3 is 2.53 bits per heavy atom. The predicted molar refractivity (Wildman–Crippen MR) is 69.5 cm³/mol. The fourth-order valence-electron chi connectivity index (χ4n) is 2.99. The second kappa shape index (κ2) is 4.02. The lowest BCUT2D eigenvalue weighted by Gasteiger charge is -2.22. The average Bonchev–Trinajstić information content (AvgIpc) is 2.43. The standard InChI is InChI=1S/C15H22O2/c1-9-5-11(8-15(3,4)17)13-6-10(2)14(16)7-12(9)13/h6-7,9,11,16-17H,5,8H2,1-4H3/t9-,11+/m0/s1. The summed E-state index contributed by atoms with van der Waals surface area (Å²) in [5.41, 5.74) is 2.87. The van der Waals surface area contributed by atoms with Crippen LogP contribution in [0.1, 0.15) is 62.1 Å². The van der Waals surface area contributed by atoms with E-state index in [0.29, 0.717) is 17.6 Å². The number of hydrogen-bond donors (Lipinski definition) is 2. The number of aromatic hydroxyl groups is 1. The van der Waals surface area contributed by atoms with Crippen molar-refractivity contribution >= 4 is 0 Å². The van der Waals surface area contributed by atoms with E-state index in [2.05, 4.69) is 13.0 Å². The Morgan fingerprint density at radius 1 is 1.29 bits per heavy atom. The van der Waals surface area contributed by atoms with Crippen LogP contribution in [-0.2, 0) is 0 Å². The summed E-state index contributed by atoms with van der Waals surface area (Å²) in [6.45, 7) is 7.85. The SMILES string of the molecule is Cc1cc2c(cc1O)[C@@H](C)C[C@@H]2CC(C)(C)O. The first-order valence-electron chi connectivity index (χ1n) is 6.33. The summed E-state index contributed by atoms with van der Waals surface area (Å²) in [6, 6.07) is 3.99. The Balaban J connectivity index is 2.37. The van der Waals surface area contributed by atoms with Crippen molar-refractivity contribution < 1.29 is 10.2 Å². The number of aliphatic hydroxyl groups is 1. The largest absolute Gasteiger partial charge is 0.508 e. The van der Waals surface area contributed by atoms with Gasteiger partial charge in [-0.05, 0) is 68.2 Å². The van der Waals surface area contributed by atoms with Gasteiger partial charge in [0, 0.05) is 0 Å². The van der Waals surface area contributed by atoms with Crippen LogP contribution in [0.25, 0.3) is 0 Å². The molecule has 2 heteroatoms. The topological polar surface area (TPSA) is 40.5 Å². The Labute approximate surface area is 103 Å². The maximum absolute atomic E-state index is 9.96. The van der Waals surface area contributed by atoms with Crippen LogP contribution in [0, 0.1) is 6.92 Å². The predicted octanol–water partition coefficient (Wildman–Crippen LogP) is 3.45. The van der Waals surface area contributed by atoms with Gasteiger partial charge in [0.2, 0.25) is 0 Å². The van der Waals surface area contributed by atoms with Crippen LogP contribution >= 0.6 is 0 Å². The third-order valence-corrected chi connectivity index (χ3v) is 3.76. The smallest absolute Gasteiger partial charge is 0.118 e. The van der Waals surface area contributed by atoms with Crippen molar-refractivity contribution in [3.63, 3.8) is 0 Å². The maximum atomic E-state index is 9.96. The van der Waals surface area contributed by atoms with Crippen LogP contribution in [0.5, 0.6) is 5.75 Å². The molecule has 1 aromatic rings. The zero-order valence-corrected chi connectivity index (χ0v) is 11.1. The van der Waals surface area contributed by atoms with Gasteiger partial charge in [-0.3, -0.25) is 0 Å². The zero-order valence-electron chi connectivity index (χ0n) is 11.1. The molecule has 0 fully saturated rings. The highest BCUT2D eigenvalue weighted by molar-refractivity contribution is 5.47. The lowest BCUT2D eigenvalue weighted by molar-refractivity contribution is 0.0626. The minimum Gasteiger partial charge on any atom is -0.508 e. The van der Waals surface area contributed by atoms with Gasteiger partial charge in [0.25, 0.3) is 0 Å². The van der Waals surface area contributed by atoms with E-state index in [0.717, 1.165) is 18.4 Å². The van der Waals surface area contributed by atoms with Gasteiger partial charge in [-0.25, -0.2) is 0 Å². The van der Waals surface area contributed by atoms with Crippen LogP contribution < -0.4 is 0 Å². The molecule has 2 N–H and O–H groups in total. The first-order chi connectivity index (χ1) is 7.78. The maximum Gasteiger partial charge on any atom is 0.118 e. The van der Waals surface area contributed by atoms with Gasteiger partial charge >= 0.3 is 0 Å². The molecule has 2 atom stereocenters. The van der Waals surface area contributed by atoms with Gasteiger partial charge in [-0.1, -0.05) is 13.0 Å². The highest BCUT2D eigenvalue weighted by Gasteiger charge is 2.32. The van der Waals surface area contributed by atoms with Gasteiger partial charge in [-0.15, -0.1) is 0 Å². The van der Waals surface area contributed by atoms with Crippen molar-refractivity contribution in [1.29, 1.82) is 0 Å². The van der Waals surface area contributed by atoms with Crippen LogP contribution in [0.2, 0.25) is 0 Å². The summed E-state index contributed by atoms with van der Waals surface area (Å²) in [4.78, 5) is 0. The highest BCUT2D eigenvalue weighted by atomic mass is 16.3. The Morgan fingerprint density at radius 2 is 1.94 bits per heavy atom. The van der Waals surface area contributed by atoms with Crippen molar-refractivity contribution in [3.8, 4) is 5.75 Å². The fourth-order valence-corrected chi connectivity index (χ4v) is 2.99. The summed E-state index contributed by atoms with van der Waals surface area (Å²) < 4.78 is 0. The van der Waals surface area contributed by atoms with E-state index in [1.807, 2.05) is 26.8 Å². The monoisotopic (exact) mass is 234 g/mol. The number of phenolic OH excluding ortho intramolecular Hbond substituents is 1. The third kappa shape index (κ3) is 2.47. The number of hydrogen-bond acceptors (Lipinski definition) is 2. The van der Waals surface area contributed by atoms with Crippen LogP contribution in [0.15, 0.2) is 12.1 Å². The third-order valence-electron chi connectivity index (χ3n) is 3.76. The van der Waals surface area contributed by atoms with Gasteiger partial charge < -0.3 is 10.2 Å². The molecular weight excluding hydrogens is 212 g/mol. The molecule has 2 rings (SSSR count). The molecule has 0 aromatic heterocycles. The van der Waals surface area contributed by atoms with Gasteiger partial charge in [0.05, 0.1) is 5.60 Å². The minimum atomic E-state index is -0.627. The van der Waals surface area contributed by atoms with Crippen LogP contribution in [-0.4, -0.2) is 15.8 Å². The number of benzene rings is 1. The number of phenols is 1. The van der Waals surface area contributed by atoms with E-state index >= 15 is 0 Å². The first-order valence-corrected chi connectivity index (χ1v) is 6.33. The molecule has 0 amide bonds. The second-order valence-corrected chi connectivity index (χ2v) is 6.12. The summed E-state index contributed by atoms with van der Waals surface area (Å²) in [6.07, 6.45) is 1.86. The Hall–Kier alpha value is -1.02. The zero-order chi connectivity index (χ0) is 12.8. The van der Waals surface area contributed by atoms with E-state index < -0.39 is 5.60 Å². The lowest BCUT2D eigenvalue weighted by Crippen LogP contribution is -2.21.